The molecule has 0 bridgehead atoms. The minimum absolute atomic E-state index is 0.825. The minimum Gasteiger partial charge on any atom is -0.355 e. The molecule has 0 amide bonds. The molecule has 0 radical (unpaired) electrons. The molecular formula is C13H15N3S. The van der Waals surface area contributed by atoms with Crippen LogP contribution in [0.1, 0.15) is 0 Å². The maximum Gasteiger partial charge on any atom is 0.137 e. The van der Waals surface area contributed by atoms with E-state index in [4.69, 9.17) is 0 Å². The van der Waals surface area contributed by atoms with Crippen molar-refractivity contribution in [3.05, 3.63) is 23.7 Å². The van der Waals surface area contributed by atoms with Crippen molar-refractivity contribution in [2.45, 2.75) is 0 Å². The number of hydrogen-bond donors (Lipinski definition) is 1. The summed E-state index contributed by atoms with van der Waals surface area (Å²) in [4.78, 5) is 7.08. The van der Waals surface area contributed by atoms with Crippen LogP contribution in [-0.4, -0.2) is 31.2 Å². The van der Waals surface area contributed by atoms with Gasteiger partial charge in [0, 0.05) is 42.5 Å². The van der Waals surface area contributed by atoms with Gasteiger partial charge in [0.15, 0.2) is 0 Å². The van der Waals surface area contributed by atoms with Crippen molar-refractivity contribution >= 4 is 27.2 Å². The third kappa shape index (κ3) is 1.47. The van der Waals surface area contributed by atoms with E-state index in [1.54, 1.807) is 11.3 Å². The van der Waals surface area contributed by atoms with Crippen molar-refractivity contribution in [3.63, 3.8) is 0 Å². The zero-order chi connectivity index (χ0) is 11.2. The summed E-state index contributed by atoms with van der Waals surface area (Å²) >= 11 is 1.80. The van der Waals surface area contributed by atoms with Crippen molar-refractivity contribution in [2.24, 2.45) is 11.8 Å². The molecule has 2 aliphatic rings. The lowest BCUT2D eigenvalue weighted by Gasteiger charge is -2.19. The number of anilines is 1. The number of fused-ring (bicyclic) bond motifs is 2. The molecule has 2 aliphatic heterocycles. The fraction of sp³-hybridized carbons (Fsp3) is 0.462. The molecule has 1 N–H and O–H groups in total. The summed E-state index contributed by atoms with van der Waals surface area (Å²) in [5, 5.41) is 6.97. The van der Waals surface area contributed by atoms with Crippen LogP contribution in [-0.2, 0) is 0 Å². The number of nitrogens with one attached hydrogen (secondary N) is 1. The lowest BCUT2D eigenvalue weighted by molar-refractivity contribution is 0.533. The molecular weight excluding hydrogens is 230 g/mol. The quantitative estimate of drug-likeness (QED) is 0.832. The van der Waals surface area contributed by atoms with Crippen LogP contribution in [0.2, 0.25) is 0 Å². The van der Waals surface area contributed by atoms with Gasteiger partial charge in [-0.05, 0) is 29.3 Å². The first kappa shape index (κ1) is 9.85. The van der Waals surface area contributed by atoms with Gasteiger partial charge in [0.2, 0.25) is 0 Å². The molecule has 3 nitrogen and oxygen atoms in total. The maximum atomic E-state index is 4.60. The van der Waals surface area contributed by atoms with Crippen LogP contribution in [0, 0.1) is 11.8 Å². The summed E-state index contributed by atoms with van der Waals surface area (Å²) in [6.07, 6.45) is 1.94. The van der Waals surface area contributed by atoms with Gasteiger partial charge in [-0.2, -0.15) is 0 Å². The monoisotopic (exact) mass is 245 g/mol. The van der Waals surface area contributed by atoms with Crippen LogP contribution >= 0.6 is 11.3 Å². The van der Waals surface area contributed by atoms with E-state index in [2.05, 4.69) is 32.7 Å². The van der Waals surface area contributed by atoms with Gasteiger partial charge in [0.25, 0.3) is 0 Å². The second kappa shape index (κ2) is 3.68. The maximum absolute atomic E-state index is 4.60. The van der Waals surface area contributed by atoms with E-state index < -0.39 is 0 Å². The Morgan fingerprint density at radius 1 is 1.24 bits per heavy atom. The molecule has 88 valence electrons. The summed E-state index contributed by atoms with van der Waals surface area (Å²) < 4.78 is 1.35. The zero-order valence-corrected chi connectivity index (χ0v) is 10.4. The largest absolute Gasteiger partial charge is 0.355 e. The Hall–Kier alpha value is -1.13. The van der Waals surface area contributed by atoms with Gasteiger partial charge in [-0.15, -0.1) is 11.3 Å². The topological polar surface area (TPSA) is 28.2 Å². The predicted molar refractivity (Wildman–Crippen MR) is 71.7 cm³/mol. The Morgan fingerprint density at radius 3 is 2.88 bits per heavy atom. The molecule has 2 fully saturated rings. The SMILES string of the molecule is c1cc2sccc2c(N2C[C@H]3CNC[C@H]3C2)n1. The van der Waals surface area contributed by atoms with Crippen LogP contribution in [0.4, 0.5) is 5.82 Å². The molecule has 2 atom stereocenters. The van der Waals surface area contributed by atoms with Crippen LogP contribution < -0.4 is 10.2 Å². The summed E-state index contributed by atoms with van der Waals surface area (Å²) in [5.74, 6) is 2.84. The van der Waals surface area contributed by atoms with Crippen LogP contribution in [0.3, 0.4) is 0 Å². The van der Waals surface area contributed by atoms with E-state index in [9.17, 15) is 0 Å². The summed E-state index contributed by atoms with van der Waals surface area (Å²) in [6.45, 7) is 4.70. The summed E-state index contributed by atoms with van der Waals surface area (Å²) in [6, 6.07) is 4.32. The van der Waals surface area contributed by atoms with E-state index in [1.165, 1.54) is 42.1 Å². The Balaban J connectivity index is 1.73. The van der Waals surface area contributed by atoms with Gasteiger partial charge in [-0.1, -0.05) is 0 Å². The van der Waals surface area contributed by atoms with E-state index in [1.807, 2.05) is 6.20 Å². The highest BCUT2D eigenvalue weighted by atomic mass is 32.1. The lowest BCUT2D eigenvalue weighted by atomic mass is 10.0. The number of rotatable bonds is 1. The third-order valence-electron chi connectivity index (χ3n) is 4.05. The second-order valence-electron chi connectivity index (χ2n) is 5.05. The average Bonchev–Trinajstić information content (AvgIpc) is 3.02. The molecule has 0 spiro atoms. The fourth-order valence-electron chi connectivity index (χ4n) is 3.16. The first-order valence-corrected chi connectivity index (χ1v) is 7.07. The Morgan fingerprint density at radius 2 is 2.06 bits per heavy atom. The molecule has 0 aliphatic carbocycles. The van der Waals surface area contributed by atoms with Gasteiger partial charge in [0.05, 0.1) is 0 Å². The third-order valence-corrected chi connectivity index (χ3v) is 4.93. The predicted octanol–water partition coefficient (Wildman–Crippen LogP) is 1.95. The molecule has 0 unspecified atom stereocenters. The van der Waals surface area contributed by atoms with Crippen LogP contribution in [0.25, 0.3) is 10.1 Å². The van der Waals surface area contributed by atoms with E-state index in [-0.39, 0.29) is 0 Å². The average molecular weight is 245 g/mol. The molecule has 0 saturated carbocycles. The van der Waals surface area contributed by atoms with Crippen molar-refractivity contribution in [3.8, 4) is 0 Å². The smallest absolute Gasteiger partial charge is 0.137 e. The van der Waals surface area contributed by atoms with Gasteiger partial charge >= 0.3 is 0 Å². The minimum atomic E-state index is 0.825. The Kier molecular flexibility index (Phi) is 2.13. The Labute approximate surface area is 104 Å². The molecule has 2 aromatic heterocycles. The Bertz CT molecular complexity index is 538. The summed E-state index contributed by atoms with van der Waals surface area (Å²) in [5.41, 5.74) is 0. The first-order chi connectivity index (χ1) is 8.42. The van der Waals surface area contributed by atoms with Crippen LogP contribution in [0.15, 0.2) is 23.7 Å². The van der Waals surface area contributed by atoms with Crippen molar-refractivity contribution in [1.29, 1.82) is 0 Å². The highest BCUT2D eigenvalue weighted by Gasteiger charge is 2.36. The normalized spacial score (nSPS) is 27.9. The van der Waals surface area contributed by atoms with E-state index in [0.717, 1.165) is 11.8 Å². The van der Waals surface area contributed by atoms with E-state index >= 15 is 0 Å². The fourth-order valence-corrected chi connectivity index (χ4v) is 3.94. The van der Waals surface area contributed by atoms with Gasteiger partial charge in [0.1, 0.15) is 5.82 Å². The molecule has 2 aromatic rings. The number of hydrogen-bond acceptors (Lipinski definition) is 4. The standard InChI is InChI=1S/C13H15N3S/c1-3-15-13(11-2-4-17-12(1)11)16-7-9-5-14-6-10(9)8-16/h1-4,9-10,14H,5-8H2/t9-,10+. The van der Waals surface area contributed by atoms with Gasteiger partial charge < -0.3 is 10.2 Å². The molecule has 17 heavy (non-hydrogen) atoms. The first-order valence-electron chi connectivity index (χ1n) is 6.20. The molecule has 4 heterocycles. The van der Waals surface area contributed by atoms with Crippen molar-refractivity contribution in [1.82, 2.24) is 10.3 Å². The number of pyridine rings is 1. The van der Waals surface area contributed by atoms with Crippen LogP contribution in [0.5, 0.6) is 0 Å². The highest BCUT2D eigenvalue weighted by molar-refractivity contribution is 7.17. The van der Waals surface area contributed by atoms with Gasteiger partial charge in [-0.25, -0.2) is 4.98 Å². The molecule has 4 rings (SSSR count). The highest BCUT2D eigenvalue weighted by Crippen LogP contribution is 2.34. The number of thiophene rings is 1. The number of nitrogens with zero attached hydrogens (tertiary/aromatic N) is 2. The van der Waals surface area contributed by atoms with Crippen molar-refractivity contribution < 1.29 is 0 Å². The molecule has 4 heteroatoms. The van der Waals surface area contributed by atoms with Crippen molar-refractivity contribution in [2.75, 3.05) is 31.1 Å². The number of aromatic nitrogens is 1. The zero-order valence-electron chi connectivity index (χ0n) is 9.60. The summed E-state index contributed by atoms with van der Waals surface area (Å²) in [7, 11) is 0. The molecule has 2 saturated heterocycles. The molecule has 0 aromatic carbocycles. The van der Waals surface area contributed by atoms with E-state index in [0.29, 0.717) is 0 Å². The lowest BCUT2D eigenvalue weighted by Crippen LogP contribution is -2.26. The second-order valence-corrected chi connectivity index (χ2v) is 6.00. The van der Waals surface area contributed by atoms with Gasteiger partial charge in [-0.3, -0.25) is 0 Å².